The number of aliphatic hydroxyl groups excluding tert-OH is 1. The molecule has 104 valence electrons. The first-order chi connectivity index (χ1) is 9.22. The molecular formula is C14H19NO4. The Morgan fingerprint density at radius 1 is 1.42 bits per heavy atom. The van der Waals surface area contributed by atoms with E-state index >= 15 is 0 Å². The van der Waals surface area contributed by atoms with Gasteiger partial charge in [-0.2, -0.15) is 0 Å². The number of amides is 1. The molecule has 1 aliphatic rings. The van der Waals surface area contributed by atoms with Gasteiger partial charge in [-0.15, -0.1) is 0 Å². The fraction of sp³-hybridized carbons (Fsp3) is 0.500. The Kier molecular flexibility index (Phi) is 4.90. The lowest BCUT2D eigenvalue weighted by atomic mass is 10.1. The van der Waals surface area contributed by atoms with Gasteiger partial charge in [0, 0.05) is 13.5 Å². The highest BCUT2D eigenvalue weighted by molar-refractivity contribution is 5.78. The highest BCUT2D eigenvalue weighted by atomic mass is 16.5. The van der Waals surface area contributed by atoms with E-state index in [9.17, 15) is 9.90 Å². The minimum atomic E-state index is -0.569. The summed E-state index contributed by atoms with van der Waals surface area (Å²) < 4.78 is 9.97. The zero-order valence-electron chi connectivity index (χ0n) is 11.0. The van der Waals surface area contributed by atoms with E-state index in [-0.39, 0.29) is 18.6 Å². The average Bonchev–Trinajstić information content (AvgIpc) is 2.72. The smallest absolute Gasteiger partial charge is 0.246 e. The molecule has 0 aliphatic heterocycles. The van der Waals surface area contributed by atoms with Crippen molar-refractivity contribution in [1.82, 2.24) is 5.32 Å². The predicted molar refractivity (Wildman–Crippen MR) is 69.7 cm³/mol. The highest BCUT2D eigenvalue weighted by Crippen LogP contribution is 2.30. The molecule has 0 bridgehead atoms. The third-order valence-electron chi connectivity index (χ3n) is 3.19. The van der Waals surface area contributed by atoms with Crippen LogP contribution < -0.4 is 5.32 Å². The number of carbonyl (C=O) groups excluding carboxylic acids is 1. The zero-order chi connectivity index (χ0) is 13.7. The van der Waals surface area contributed by atoms with Gasteiger partial charge in [0.2, 0.25) is 5.91 Å². The summed E-state index contributed by atoms with van der Waals surface area (Å²) in [6.07, 6.45) is 0.00591. The molecule has 1 amide bonds. The predicted octanol–water partition coefficient (Wildman–Crippen LogP) is 0.424. The normalized spacial score (nSPS) is 21.2. The number of hydrogen-bond donors (Lipinski definition) is 2. The van der Waals surface area contributed by atoms with Gasteiger partial charge >= 0.3 is 0 Å². The van der Waals surface area contributed by atoms with E-state index in [1.807, 2.05) is 24.3 Å². The maximum absolute atomic E-state index is 11.7. The third kappa shape index (κ3) is 3.53. The van der Waals surface area contributed by atoms with Crippen molar-refractivity contribution >= 4 is 5.91 Å². The van der Waals surface area contributed by atoms with Crippen LogP contribution in [0.5, 0.6) is 0 Å². The van der Waals surface area contributed by atoms with Crippen LogP contribution >= 0.6 is 0 Å². The van der Waals surface area contributed by atoms with Gasteiger partial charge in [0.25, 0.3) is 0 Å². The van der Waals surface area contributed by atoms with Gasteiger partial charge in [0.05, 0.1) is 25.4 Å². The lowest BCUT2D eigenvalue weighted by molar-refractivity contribution is -0.127. The van der Waals surface area contributed by atoms with Crippen LogP contribution in [0, 0.1) is 0 Å². The summed E-state index contributed by atoms with van der Waals surface area (Å²) in [7, 11) is 1.58. The zero-order valence-corrected chi connectivity index (χ0v) is 11.0. The van der Waals surface area contributed by atoms with Gasteiger partial charge < -0.3 is 19.9 Å². The van der Waals surface area contributed by atoms with Crippen molar-refractivity contribution in [3.05, 3.63) is 35.4 Å². The number of aliphatic hydroxyl groups is 1. The summed E-state index contributed by atoms with van der Waals surface area (Å²) >= 11 is 0. The van der Waals surface area contributed by atoms with Gasteiger partial charge in [0.15, 0.2) is 0 Å². The van der Waals surface area contributed by atoms with Crippen LogP contribution in [0.25, 0.3) is 0 Å². The van der Waals surface area contributed by atoms with Gasteiger partial charge in [-0.1, -0.05) is 24.3 Å². The Bertz CT molecular complexity index is 435. The van der Waals surface area contributed by atoms with Crippen molar-refractivity contribution in [2.75, 3.05) is 26.9 Å². The lowest BCUT2D eigenvalue weighted by Crippen LogP contribution is -2.36. The van der Waals surface area contributed by atoms with Gasteiger partial charge in [-0.3, -0.25) is 4.79 Å². The van der Waals surface area contributed by atoms with Gasteiger partial charge in [-0.25, -0.2) is 0 Å². The molecule has 1 aromatic carbocycles. The Labute approximate surface area is 112 Å². The number of rotatable bonds is 6. The SMILES string of the molecule is COCCOCC(=O)N[C@H]1c2ccccc2C[C@H]1O. The van der Waals surface area contributed by atoms with Gasteiger partial charge in [-0.05, 0) is 11.1 Å². The van der Waals surface area contributed by atoms with Crippen LogP contribution in [-0.4, -0.2) is 44.0 Å². The third-order valence-corrected chi connectivity index (χ3v) is 3.19. The second-order valence-electron chi connectivity index (χ2n) is 4.56. The molecule has 2 atom stereocenters. The number of nitrogens with one attached hydrogen (secondary N) is 1. The van der Waals surface area contributed by atoms with E-state index in [0.29, 0.717) is 19.6 Å². The summed E-state index contributed by atoms with van der Waals surface area (Å²) in [5, 5.41) is 12.8. The number of fused-ring (bicyclic) bond motifs is 1. The molecule has 19 heavy (non-hydrogen) atoms. The summed E-state index contributed by atoms with van der Waals surface area (Å²) in [5.41, 5.74) is 2.07. The molecule has 0 saturated heterocycles. The number of methoxy groups -OCH3 is 1. The van der Waals surface area contributed by atoms with E-state index in [1.165, 1.54) is 0 Å². The average molecular weight is 265 g/mol. The molecule has 0 saturated carbocycles. The van der Waals surface area contributed by atoms with Crippen LogP contribution in [0.4, 0.5) is 0 Å². The summed E-state index contributed by atoms with van der Waals surface area (Å²) in [5.74, 6) is -0.225. The fourth-order valence-electron chi connectivity index (χ4n) is 2.27. The molecule has 0 fully saturated rings. The second kappa shape index (κ2) is 6.65. The Hall–Kier alpha value is -1.43. The Balaban J connectivity index is 1.87. The van der Waals surface area contributed by atoms with E-state index in [1.54, 1.807) is 7.11 Å². The minimum absolute atomic E-state index is 0.0191. The molecule has 0 heterocycles. The summed E-state index contributed by atoms with van der Waals surface area (Å²) in [6, 6.07) is 7.41. The van der Waals surface area contributed by atoms with Crippen molar-refractivity contribution in [2.24, 2.45) is 0 Å². The van der Waals surface area contributed by atoms with Crippen LogP contribution in [0.1, 0.15) is 17.2 Å². The number of ether oxygens (including phenoxy) is 2. The van der Waals surface area contributed by atoms with E-state index in [4.69, 9.17) is 9.47 Å². The van der Waals surface area contributed by atoms with Crippen molar-refractivity contribution < 1.29 is 19.4 Å². The topological polar surface area (TPSA) is 67.8 Å². The summed E-state index contributed by atoms with van der Waals surface area (Å²) in [6.45, 7) is 0.824. The Morgan fingerprint density at radius 2 is 2.21 bits per heavy atom. The first kappa shape index (κ1) is 14.0. The lowest BCUT2D eigenvalue weighted by Gasteiger charge is -2.17. The molecule has 5 nitrogen and oxygen atoms in total. The first-order valence-electron chi connectivity index (χ1n) is 6.34. The minimum Gasteiger partial charge on any atom is -0.390 e. The maximum Gasteiger partial charge on any atom is 0.246 e. The quantitative estimate of drug-likeness (QED) is 0.732. The molecular weight excluding hydrogens is 246 g/mol. The van der Waals surface area contributed by atoms with Gasteiger partial charge in [0.1, 0.15) is 6.61 Å². The maximum atomic E-state index is 11.7. The molecule has 1 aliphatic carbocycles. The number of benzene rings is 1. The first-order valence-corrected chi connectivity index (χ1v) is 6.34. The number of carbonyl (C=O) groups is 1. The van der Waals surface area contributed by atoms with Crippen LogP contribution in [0.3, 0.4) is 0 Å². The monoisotopic (exact) mass is 265 g/mol. The van der Waals surface area contributed by atoms with E-state index < -0.39 is 6.10 Å². The van der Waals surface area contributed by atoms with Crippen LogP contribution in [-0.2, 0) is 20.7 Å². The standard InChI is InChI=1S/C14H19NO4/c1-18-6-7-19-9-13(17)15-14-11-5-3-2-4-10(11)8-12(14)16/h2-5,12,14,16H,6-9H2,1H3,(H,15,17)/t12-,14+/m1/s1. The van der Waals surface area contributed by atoms with Crippen molar-refractivity contribution in [1.29, 1.82) is 0 Å². The molecule has 2 rings (SSSR count). The van der Waals surface area contributed by atoms with E-state index in [0.717, 1.165) is 11.1 Å². The molecule has 0 spiro atoms. The highest BCUT2D eigenvalue weighted by Gasteiger charge is 2.31. The molecule has 0 unspecified atom stereocenters. The molecule has 1 aromatic rings. The van der Waals surface area contributed by atoms with Crippen LogP contribution in [0.2, 0.25) is 0 Å². The number of hydrogen-bond acceptors (Lipinski definition) is 4. The van der Waals surface area contributed by atoms with Crippen molar-refractivity contribution in [3.8, 4) is 0 Å². The van der Waals surface area contributed by atoms with Crippen LogP contribution in [0.15, 0.2) is 24.3 Å². The Morgan fingerprint density at radius 3 is 3.00 bits per heavy atom. The second-order valence-corrected chi connectivity index (χ2v) is 4.56. The molecule has 5 heteroatoms. The molecule has 0 radical (unpaired) electrons. The van der Waals surface area contributed by atoms with E-state index in [2.05, 4.69) is 5.32 Å². The van der Waals surface area contributed by atoms with Crippen molar-refractivity contribution in [3.63, 3.8) is 0 Å². The molecule has 2 N–H and O–H groups in total. The largest absolute Gasteiger partial charge is 0.390 e. The summed E-state index contributed by atoms with van der Waals surface area (Å²) in [4.78, 5) is 11.7. The van der Waals surface area contributed by atoms with Crippen molar-refractivity contribution in [2.45, 2.75) is 18.6 Å². The fourth-order valence-corrected chi connectivity index (χ4v) is 2.27. The molecule has 0 aromatic heterocycles.